The van der Waals surface area contributed by atoms with Crippen molar-refractivity contribution in [2.75, 3.05) is 11.9 Å². The van der Waals surface area contributed by atoms with Gasteiger partial charge in [0.25, 0.3) is 0 Å². The highest BCUT2D eigenvalue weighted by atomic mass is 16.1. The highest BCUT2D eigenvalue weighted by Gasteiger charge is 2.07. The van der Waals surface area contributed by atoms with E-state index in [2.05, 4.69) is 10.1 Å². The van der Waals surface area contributed by atoms with Crippen LogP contribution in [0.4, 0.5) is 5.82 Å². The van der Waals surface area contributed by atoms with Crippen LogP contribution in [-0.4, -0.2) is 27.6 Å². The maximum absolute atomic E-state index is 11.3. The quantitative estimate of drug-likeness (QED) is 0.767. The Morgan fingerprint density at radius 2 is 2.28 bits per heavy atom. The third-order valence-electron chi connectivity index (χ3n) is 2.72. The Labute approximate surface area is 106 Å². The van der Waals surface area contributed by atoms with Crippen molar-refractivity contribution in [3.63, 3.8) is 0 Å². The monoisotopic (exact) mass is 244 g/mol. The largest absolute Gasteiger partial charge is 0.355 e. The molecule has 0 aromatic carbocycles. The first kappa shape index (κ1) is 12.3. The van der Waals surface area contributed by atoms with Gasteiger partial charge in [0.1, 0.15) is 5.82 Å². The molecular weight excluding hydrogens is 228 g/mol. The summed E-state index contributed by atoms with van der Waals surface area (Å²) in [6, 6.07) is 3.53. The molecule has 5 heteroatoms. The number of aromatic nitrogens is 3. The number of hydrogen-bond acceptors (Lipinski definition) is 4. The Balaban J connectivity index is 2.15. The molecule has 0 amide bonds. The van der Waals surface area contributed by atoms with Gasteiger partial charge in [-0.1, -0.05) is 0 Å². The lowest BCUT2D eigenvalue weighted by Gasteiger charge is -2.17. The number of carbonyl (C=O) groups excluding carboxylic acids is 1. The van der Waals surface area contributed by atoms with Crippen LogP contribution in [0.2, 0.25) is 0 Å². The lowest BCUT2D eigenvalue weighted by atomic mass is 10.2. The molecule has 2 aromatic rings. The van der Waals surface area contributed by atoms with Crippen LogP contribution in [0, 0.1) is 0 Å². The van der Waals surface area contributed by atoms with E-state index in [1.807, 2.05) is 31.4 Å². The minimum atomic E-state index is 0.0495. The number of Topliss-reactive ketones (excluding diaryl/α,β-unsaturated/α-hetero) is 1. The van der Waals surface area contributed by atoms with E-state index in [-0.39, 0.29) is 5.78 Å². The summed E-state index contributed by atoms with van der Waals surface area (Å²) in [4.78, 5) is 17.6. The lowest BCUT2D eigenvalue weighted by molar-refractivity contribution is 0.101. The number of hydrogen-bond donors (Lipinski definition) is 0. The van der Waals surface area contributed by atoms with Crippen LogP contribution in [0.5, 0.6) is 0 Å². The van der Waals surface area contributed by atoms with Crippen molar-refractivity contribution in [2.24, 2.45) is 7.05 Å². The molecule has 18 heavy (non-hydrogen) atoms. The summed E-state index contributed by atoms with van der Waals surface area (Å²) < 4.78 is 1.77. The molecule has 0 aliphatic heterocycles. The molecule has 5 nitrogen and oxygen atoms in total. The summed E-state index contributed by atoms with van der Waals surface area (Å²) in [5.74, 6) is 0.833. The van der Waals surface area contributed by atoms with E-state index >= 15 is 0 Å². The van der Waals surface area contributed by atoms with Crippen LogP contribution in [0.3, 0.4) is 0 Å². The topological polar surface area (TPSA) is 51.0 Å². The molecule has 0 spiro atoms. The second kappa shape index (κ2) is 5.00. The molecule has 2 rings (SSSR count). The van der Waals surface area contributed by atoms with Crippen molar-refractivity contribution < 1.29 is 4.79 Å². The summed E-state index contributed by atoms with van der Waals surface area (Å²) in [6.45, 7) is 2.27. The molecule has 0 saturated heterocycles. The maximum atomic E-state index is 11.3. The van der Waals surface area contributed by atoms with E-state index in [0.29, 0.717) is 12.1 Å². The van der Waals surface area contributed by atoms with Crippen molar-refractivity contribution in [1.82, 2.24) is 14.8 Å². The fraction of sp³-hybridized carbons (Fsp3) is 0.308. The summed E-state index contributed by atoms with van der Waals surface area (Å²) in [7, 11) is 3.83. The predicted molar refractivity (Wildman–Crippen MR) is 69.6 cm³/mol. The van der Waals surface area contributed by atoms with Crippen molar-refractivity contribution in [2.45, 2.75) is 13.5 Å². The zero-order valence-electron chi connectivity index (χ0n) is 10.8. The normalized spacial score (nSPS) is 10.4. The van der Waals surface area contributed by atoms with E-state index in [0.717, 1.165) is 11.4 Å². The van der Waals surface area contributed by atoms with Crippen LogP contribution in [-0.2, 0) is 13.6 Å². The third-order valence-corrected chi connectivity index (χ3v) is 2.72. The number of pyridine rings is 1. The zero-order valence-corrected chi connectivity index (χ0v) is 10.8. The lowest BCUT2D eigenvalue weighted by Crippen LogP contribution is -2.17. The average Bonchev–Trinajstić information content (AvgIpc) is 2.75. The number of ketones is 1. The molecule has 2 heterocycles. The Morgan fingerprint density at radius 1 is 1.50 bits per heavy atom. The van der Waals surface area contributed by atoms with Gasteiger partial charge < -0.3 is 4.90 Å². The molecule has 0 radical (unpaired) electrons. The molecule has 0 aliphatic carbocycles. The van der Waals surface area contributed by atoms with Gasteiger partial charge in [0.15, 0.2) is 5.78 Å². The number of aryl methyl sites for hydroxylation is 1. The SMILES string of the molecule is CC(=O)c1ccnc(N(C)Cc2cnn(C)c2)c1. The fourth-order valence-electron chi connectivity index (χ4n) is 1.75. The minimum absolute atomic E-state index is 0.0495. The first-order chi connectivity index (χ1) is 8.56. The second-order valence-electron chi connectivity index (χ2n) is 4.34. The highest BCUT2D eigenvalue weighted by molar-refractivity contribution is 5.94. The van der Waals surface area contributed by atoms with E-state index in [1.165, 1.54) is 0 Å². The maximum Gasteiger partial charge on any atom is 0.159 e. The molecule has 0 aliphatic rings. The summed E-state index contributed by atoms with van der Waals surface area (Å²) in [5, 5.41) is 4.12. The molecule has 94 valence electrons. The van der Waals surface area contributed by atoms with Crippen LogP contribution in [0.25, 0.3) is 0 Å². The van der Waals surface area contributed by atoms with Crippen LogP contribution in [0.15, 0.2) is 30.7 Å². The van der Waals surface area contributed by atoms with Gasteiger partial charge in [0.2, 0.25) is 0 Å². The molecule has 0 saturated carbocycles. The minimum Gasteiger partial charge on any atom is -0.355 e. The number of rotatable bonds is 4. The number of carbonyl (C=O) groups is 1. The summed E-state index contributed by atoms with van der Waals surface area (Å²) in [6.07, 6.45) is 5.45. The predicted octanol–water partition coefficient (Wildman–Crippen LogP) is 1.65. The van der Waals surface area contributed by atoms with Crippen molar-refractivity contribution in [3.05, 3.63) is 41.9 Å². The Morgan fingerprint density at radius 3 is 2.89 bits per heavy atom. The van der Waals surface area contributed by atoms with Crippen LogP contribution in [0.1, 0.15) is 22.8 Å². The smallest absolute Gasteiger partial charge is 0.159 e. The van der Waals surface area contributed by atoms with Gasteiger partial charge in [-0.15, -0.1) is 0 Å². The van der Waals surface area contributed by atoms with Crippen LogP contribution < -0.4 is 4.90 Å². The van der Waals surface area contributed by atoms with Gasteiger partial charge in [-0.2, -0.15) is 5.10 Å². The van der Waals surface area contributed by atoms with Crippen molar-refractivity contribution in [3.8, 4) is 0 Å². The molecule has 0 unspecified atom stereocenters. The molecule has 0 bridgehead atoms. The molecule has 2 aromatic heterocycles. The summed E-state index contributed by atoms with van der Waals surface area (Å²) in [5.41, 5.74) is 1.79. The molecule has 0 N–H and O–H groups in total. The third kappa shape index (κ3) is 2.74. The molecule has 0 atom stereocenters. The van der Waals surface area contributed by atoms with Gasteiger partial charge in [-0.3, -0.25) is 9.48 Å². The van der Waals surface area contributed by atoms with Gasteiger partial charge >= 0.3 is 0 Å². The molecular formula is C13H16N4O. The van der Waals surface area contributed by atoms with Crippen molar-refractivity contribution >= 4 is 11.6 Å². The molecule has 0 fully saturated rings. The van der Waals surface area contributed by atoms with E-state index in [1.54, 1.807) is 29.9 Å². The second-order valence-corrected chi connectivity index (χ2v) is 4.34. The van der Waals surface area contributed by atoms with Crippen LogP contribution >= 0.6 is 0 Å². The standard InChI is InChI=1S/C13H16N4O/c1-10(18)12-4-5-14-13(6-12)16(2)8-11-7-15-17(3)9-11/h4-7,9H,8H2,1-3H3. The van der Waals surface area contributed by atoms with Gasteiger partial charge in [0, 0.05) is 44.2 Å². The fourth-order valence-corrected chi connectivity index (χ4v) is 1.75. The Kier molecular flexibility index (Phi) is 3.41. The average molecular weight is 244 g/mol. The summed E-state index contributed by atoms with van der Waals surface area (Å²) >= 11 is 0. The highest BCUT2D eigenvalue weighted by Crippen LogP contribution is 2.14. The Hall–Kier alpha value is -2.17. The van der Waals surface area contributed by atoms with Crippen molar-refractivity contribution in [1.29, 1.82) is 0 Å². The van der Waals surface area contributed by atoms with Gasteiger partial charge in [-0.05, 0) is 19.1 Å². The first-order valence-corrected chi connectivity index (χ1v) is 5.72. The van der Waals surface area contributed by atoms with Gasteiger partial charge in [-0.25, -0.2) is 4.98 Å². The first-order valence-electron chi connectivity index (χ1n) is 5.72. The van der Waals surface area contributed by atoms with E-state index in [4.69, 9.17) is 0 Å². The number of nitrogens with zero attached hydrogens (tertiary/aromatic N) is 4. The zero-order chi connectivity index (χ0) is 13.1. The van der Waals surface area contributed by atoms with Gasteiger partial charge in [0.05, 0.1) is 6.20 Å². The Bertz CT molecular complexity index is 562. The number of anilines is 1. The van der Waals surface area contributed by atoms with E-state index in [9.17, 15) is 4.79 Å². The van der Waals surface area contributed by atoms with E-state index < -0.39 is 0 Å².